The third-order valence-corrected chi connectivity index (χ3v) is 2.94. The van der Waals surface area contributed by atoms with Gasteiger partial charge in [0.05, 0.1) is 0 Å². The Balaban J connectivity index is 2.12. The first-order valence-corrected chi connectivity index (χ1v) is 6.88. The maximum atomic E-state index is 3.26. The maximum Gasteiger partial charge on any atom is 0.0245 e. The van der Waals surface area contributed by atoms with E-state index in [0.29, 0.717) is 0 Å². The molecule has 0 aliphatic carbocycles. The van der Waals surface area contributed by atoms with Gasteiger partial charge in [0.25, 0.3) is 0 Å². The Labute approximate surface area is 106 Å². The number of rotatable bonds is 6. The molecule has 0 heteroatoms. The zero-order valence-corrected chi connectivity index (χ0v) is 11.3. The summed E-state index contributed by atoms with van der Waals surface area (Å²) in [5, 5.41) is 0. The molecule has 0 unspecified atom stereocenters. The molecule has 0 spiro atoms. The van der Waals surface area contributed by atoms with E-state index in [4.69, 9.17) is 0 Å². The van der Waals surface area contributed by atoms with Crippen LogP contribution in [0.3, 0.4) is 0 Å². The fourth-order valence-corrected chi connectivity index (χ4v) is 1.80. The van der Waals surface area contributed by atoms with E-state index in [0.717, 1.165) is 12.0 Å². The molecule has 0 atom stereocenters. The number of aryl methyl sites for hydroxylation is 1. The second-order valence-electron chi connectivity index (χ2n) is 4.69. The predicted octanol–water partition coefficient (Wildman–Crippen LogP) is 5.10. The van der Waals surface area contributed by atoms with Gasteiger partial charge in [0.2, 0.25) is 0 Å². The van der Waals surface area contributed by atoms with Crippen molar-refractivity contribution in [2.45, 2.75) is 58.8 Å². The van der Waals surface area contributed by atoms with Crippen molar-refractivity contribution in [3.63, 3.8) is 0 Å². The highest BCUT2D eigenvalue weighted by molar-refractivity contribution is 5.35. The highest BCUT2D eigenvalue weighted by Gasteiger charge is 1.88. The van der Waals surface area contributed by atoms with Gasteiger partial charge in [-0.25, -0.2) is 0 Å². The van der Waals surface area contributed by atoms with Crippen molar-refractivity contribution in [3.8, 4) is 11.8 Å². The second kappa shape index (κ2) is 8.88. The van der Waals surface area contributed by atoms with Crippen LogP contribution in [0.25, 0.3) is 0 Å². The van der Waals surface area contributed by atoms with E-state index in [9.17, 15) is 0 Å². The van der Waals surface area contributed by atoms with Crippen LogP contribution in [-0.4, -0.2) is 0 Å². The van der Waals surface area contributed by atoms with Crippen molar-refractivity contribution < 1.29 is 0 Å². The van der Waals surface area contributed by atoms with E-state index in [1.54, 1.807) is 0 Å². The Morgan fingerprint density at radius 3 is 2.24 bits per heavy atom. The Bertz CT molecular complexity index is 348. The zero-order chi connectivity index (χ0) is 12.3. The zero-order valence-electron chi connectivity index (χ0n) is 11.3. The van der Waals surface area contributed by atoms with Crippen LogP contribution in [0.2, 0.25) is 0 Å². The highest BCUT2D eigenvalue weighted by atomic mass is 13.9. The molecule has 1 aromatic rings. The summed E-state index contributed by atoms with van der Waals surface area (Å²) < 4.78 is 0. The average molecular weight is 228 g/mol. The first kappa shape index (κ1) is 13.8. The molecule has 0 amide bonds. The predicted molar refractivity (Wildman–Crippen MR) is 76.1 cm³/mol. The maximum absolute atomic E-state index is 3.26. The van der Waals surface area contributed by atoms with E-state index >= 15 is 0 Å². The largest absolute Gasteiger partial charge is 0.0979 e. The molecule has 0 aliphatic heterocycles. The van der Waals surface area contributed by atoms with Crippen molar-refractivity contribution in [1.29, 1.82) is 0 Å². The average Bonchev–Trinajstić information content (AvgIpc) is 2.35. The monoisotopic (exact) mass is 228 g/mol. The standard InChI is InChI=1S/C17H24/c1-3-4-5-6-7-8-9-10-11-17-14-12-16(2)13-15-17/h12-15H,3-9H2,1-2H3. The summed E-state index contributed by atoms with van der Waals surface area (Å²) in [6.45, 7) is 4.36. The van der Waals surface area contributed by atoms with Crippen LogP contribution in [-0.2, 0) is 0 Å². The number of hydrogen-bond acceptors (Lipinski definition) is 0. The smallest absolute Gasteiger partial charge is 0.0245 e. The van der Waals surface area contributed by atoms with Crippen LogP contribution < -0.4 is 0 Å². The molecule has 92 valence electrons. The minimum Gasteiger partial charge on any atom is -0.0979 e. The number of hydrogen-bond donors (Lipinski definition) is 0. The molecule has 0 nitrogen and oxygen atoms in total. The fourth-order valence-electron chi connectivity index (χ4n) is 1.80. The molecule has 17 heavy (non-hydrogen) atoms. The molecule has 0 radical (unpaired) electrons. The first-order chi connectivity index (χ1) is 8.33. The van der Waals surface area contributed by atoms with Gasteiger partial charge >= 0.3 is 0 Å². The van der Waals surface area contributed by atoms with E-state index in [2.05, 4.69) is 50.0 Å². The molecule has 0 heterocycles. The lowest BCUT2D eigenvalue weighted by Gasteiger charge is -1.96. The number of unbranched alkanes of at least 4 members (excludes halogenated alkanes) is 6. The normalized spacial score (nSPS) is 9.76. The van der Waals surface area contributed by atoms with Gasteiger partial charge in [-0.2, -0.15) is 0 Å². The van der Waals surface area contributed by atoms with E-state index in [-0.39, 0.29) is 0 Å². The van der Waals surface area contributed by atoms with Crippen molar-refractivity contribution in [1.82, 2.24) is 0 Å². The quantitative estimate of drug-likeness (QED) is 0.469. The third kappa shape index (κ3) is 6.84. The summed E-state index contributed by atoms with van der Waals surface area (Å²) in [5.74, 6) is 6.49. The van der Waals surface area contributed by atoms with Gasteiger partial charge in [0.1, 0.15) is 0 Å². The Kier molecular flexibility index (Phi) is 7.23. The Morgan fingerprint density at radius 1 is 0.882 bits per heavy atom. The van der Waals surface area contributed by atoms with Crippen molar-refractivity contribution in [3.05, 3.63) is 35.4 Å². The number of benzene rings is 1. The lowest BCUT2D eigenvalue weighted by molar-refractivity contribution is 0.614. The molecule has 1 aromatic carbocycles. The molecule has 0 fully saturated rings. The topological polar surface area (TPSA) is 0 Å². The SMILES string of the molecule is CCCCCCCCC#Cc1ccc(C)cc1. The van der Waals surface area contributed by atoms with Gasteiger partial charge in [-0.15, -0.1) is 0 Å². The van der Waals surface area contributed by atoms with Crippen LogP contribution in [0.15, 0.2) is 24.3 Å². The Morgan fingerprint density at radius 2 is 1.53 bits per heavy atom. The van der Waals surface area contributed by atoms with Gasteiger partial charge in [-0.3, -0.25) is 0 Å². The summed E-state index contributed by atoms with van der Waals surface area (Å²) in [6.07, 6.45) is 9.11. The van der Waals surface area contributed by atoms with E-state index in [1.165, 1.54) is 44.1 Å². The van der Waals surface area contributed by atoms with Gasteiger partial charge in [0.15, 0.2) is 0 Å². The molecule has 0 saturated carbocycles. The van der Waals surface area contributed by atoms with E-state index < -0.39 is 0 Å². The summed E-state index contributed by atoms with van der Waals surface area (Å²) in [5.41, 5.74) is 2.44. The fraction of sp³-hybridized carbons (Fsp3) is 0.529. The van der Waals surface area contributed by atoms with Crippen LogP contribution in [0, 0.1) is 18.8 Å². The van der Waals surface area contributed by atoms with Crippen LogP contribution in [0.5, 0.6) is 0 Å². The molecule has 0 aliphatic rings. The van der Waals surface area contributed by atoms with Crippen molar-refractivity contribution >= 4 is 0 Å². The second-order valence-corrected chi connectivity index (χ2v) is 4.69. The molecular weight excluding hydrogens is 204 g/mol. The Hall–Kier alpha value is -1.22. The third-order valence-electron chi connectivity index (χ3n) is 2.94. The summed E-state index contributed by atoms with van der Waals surface area (Å²) in [6, 6.07) is 8.44. The molecule has 1 rings (SSSR count). The highest BCUT2D eigenvalue weighted by Crippen LogP contribution is 2.06. The molecule has 0 N–H and O–H groups in total. The summed E-state index contributed by atoms with van der Waals surface area (Å²) in [7, 11) is 0. The molecule has 0 aromatic heterocycles. The van der Waals surface area contributed by atoms with Crippen LogP contribution in [0.1, 0.15) is 63.0 Å². The molecule has 0 bridgehead atoms. The summed E-state index contributed by atoms with van der Waals surface area (Å²) in [4.78, 5) is 0. The summed E-state index contributed by atoms with van der Waals surface area (Å²) >= 11 is 0. The minimum absolute atomic E-state index is 1.04. The van der Waals surface area contributed by atoms with Gasteiger partial charge < -0.3 is 0 Å². The minimum atomic E-state index is 1.04. The van der Waals surface area contributed by atoms with Crippen LogP contribution in [0.4, 0.5) is 0 Å². The first-order valence-electron chi connectivity index (χ1n) is 6.88. The van der Waals surface area contributed by atoms with Crippen LogP contribution >= 0.6 is 0 Å². The van der Waals surface area contributed by atoms with Gasteiger partial charge in [-0.05, 0) is 25.5 Å². The lowest BCUT2D eigenvalue weighted by atomic mass is 10.1. The van der Waals surface area contributed by atoms with Gasteiger partial charge in [0, 0.05) is 12.0 Å². The van der Waals surface area contributed by atoms with E-state index in [1.807, 2.05) is 0 Å². The molecule has 0 saturated heterocycles. The van der Waals surface area contributed by atoms with Gasteiger partial charge in [-0.1, -0.05) is 68.6 Å². The molecular formula is C17H24. The van der Waals surface area contributed by atoms with Crippen molar-refractivity contribution in [2.24, 2.45) is 0 Å². The lowest BCUT2D eigenvalue weighted by Crippen LogP contribution is -1.78. The van der Waals surface area contributed by atoms with Crippen molar-refractivity contribution in [2.75, 3.05) is 0 Å².